The van der Waals surface area contributed by atoms with Gasteiger partial charge in [0.2, 0.25) is 0 Å². The average Bonchev–Trinajstić information content (AvgIpc) is 2.38. The fourth-order valence-corrected chi connectivity index (χ4v) is 2.64. The van der Waals surface area contributed by atoms with Crippen LogP contribution in [0.2, 0.25) is 0 Å². The second-order valence-electron chi connectivity index (χ2n) is 6.11. The quantitative estimate of drug-likeness (QED) is 0.478. The van der Waals surface area contributed by atoms with E-state index in [4.69, 9.17) is 0 Å². The minimum Gasteiger partial charge on any atom is -0.391 e. The first kappa shape index (κ1) is 18.9. The fraction of sp³-hybridized carbons (Fsp3) is 1.00. The third-order valence-corrected chi connectivity index (χ3v) is 4.06. The van der Waals surface area contributed by atoms with Crippen molar-refractivity contribution in [2.24, 2.45) is 5.92 Å². The van der Waals surface area contributed by atoms with Gasteiger partial charge in [0, 0.05) is 0 Å². The second-order valence-corrected chi connectivity index (χ2v) is 6.11. The summed E-state index contributed by atoms with van der Waals surface area (Å²) in [6, 6.07) is 0. The molecular formula is C17H36O2. The van der Waals surface area contributed by atoms with Crippen LogP contribution in [0.4, 0.5) is 0 Å². The maximum absolute atomic E-state index is 9.85. The molecule has 0 unspecified atom stereocenters. The summed E-state index contributed by atoms with van der Waals surface area (Å²) < 4.78 is 0. The van der Waals surface area contributed by atoms with Gasteiger partial charge in [0.15, 0.2) is 0 Å². The van der Waals surface area contributed by atoms with Crippen molar-refractivity contribution >= 4 is 0 Å². The minimum atomic E-state index is -0.589. The highest BCUT2D eigenvalue weighted by Gasteiger charge is 2.17. The van der Waals surface area contributed by atoms with E-state index in [0.717, 1.165) is 6.42 Å². The normalized spacial score (nSPS) is 14.8. The minimum absolute atomic E-state index is 0.539. The number of unbranched alkanes of at least 4 members (excludes halogenated alkanes) is 6. The molecule has 0 amide bonds. The lowest BCUT2D eigenvalue weighted by atomic mass is 9.88. The molecule has 0 aliphatic rings. The third-order valence-electron chi connectivity index (χ3n) is 4.06. The van der Waals surface area contributed by atoms with Gasteiger partial charge in [-0.25, -0.2) is 0 Å². The molecular weight excluding hydrogens is 236 g/mol. The summed E-state index contributed by atoms with van der Waals surface area (Å²) in [5.74, 6) is 0.596. The first-order chi connectivity index (χ1) is 9.11. The van der Waals surface area contributed by atoms with Gasteiger partial charge >= 0.3 is 0 Å². The lowest BCUT2D eigenvalue weighted by molar-refractivity contribution is 0.0137. The summed E-state index contributed by atoms with van der Waals surface area (Å²) in [6.45, 7) is 6.16. The van der Waals surface area contributed by atoms with Gasteiger partial charge in [0.1, 0.15) is 0 Å². The predicted molar refractivity (Wildman–Crippen MR) is 83.3 cm³/mol. The molecule has 0 fully saturated rings. The van der Waals surface area contributed by atoms with Crippen LogP contribution in [-0.2, 0) is 0 Å². The molecule has 0 bridgehead atoms. The molecule has 0 aromatic rings. The van der Waals surface area contributed by atoms with Crippen molar-refractivity contribution in [2.75, 3.05) is 0 Å². The summed E-state index contributed by atoms with van der Waals surface area (Å²) in [4.78, 5) is 0. The van der Waals surface area contributed by atoms with E-state index >= 15 is 0 Å². The highest BCUT2D eigenvalue weighted by atomic mass is 16.3. The van der Waals surface area contributed by atoms with Crippen LogP contribution in [0.3, 0.4) is 0 Å². The van der Waals surface area contributed by atoms with Crippen LogP contribution in [0.25, 0.3) is 0 Å². The Morgan fingerprint density at radius 2 is 1.21 bits per heavy atom. The summed E-state index contributed by atoms with van der Waals surface area (Å²) in [6.07, 6.45) is 12.5. The summed E-state index contributed by atoms with van der Waals surface area (Å²) >= 11 is 0. The molecule has 2 N–H and O–H groups in total. The Labute approximate surface area is 120 Å². The van der Waals surface area contributed by atoms with E-state index in [1.807, 2.05) is 0 Å². The molecule has 116 valence electrons. The summed E-state index contributed by atoms with van der Waals surface area (Å²) in [5.41, 5.74) is 0. The third kappa shape index (κ3) is 11.4. The monoisotopic (exact) mass is 272 g/mol. The second kappa shape index (κ2) is 12.9. The van der Waals surface area contributed by atoms with Gasteiger partial charge in [-0.3, -0.25) is 0 Å². The van der Waals surface area contributed by atoms with Crippen LogP contribution in [0, 0.1) is 5.92 Å². The number of aliphatic hydroxyl groups is 2. The predicted octanol–water partition coefficient (Wildman–Crippen LogP) is 4.68. The number of hydrogen-bond acceptors (Lipinski definition) is 2. The van der Waals surface area contributed by atoms with Gasteiger partial charge in [-0.1, -0.05) is 78.1 Å². The molecule has 0 saturated heterocycles. The molecule has 19 heavy (non-hydrogen) atoms. The van der Waals surface area contributed by atoms with Crippen molar-refractivity contribution < 1.29 is 10.2 Å². The standard InChI is InChI=1S/C17H36O2/c1-4-6-8-10-12-16(13-11-9-7-5-2)14-17(19)15(3)18/h15-19H,4-14H2,1-3H3/t15-,17-/m0/s1. The number of hydrogen-bond donors (Lipinski definition) is 2. The maximum Gasteiger partial charge on any atom is 0.0799 e. The zero-order valence-electron chi connectivity index (χ0n) is 13.4. The van der Waals surface area contributed by atoms with Gasteiger partial charge in [0.05, 0.1) is 12.2 Å². The van der Waals surface area contributed by atoms with Crippen LogP contribution in [0.1, 0.15) is 91.4 Å². The van der Waals surface area contributed by atoms with Crippen LogP contribution in [0.5, 0.6) is 0 Å². The first-order valence-electron chi connectivity index (χ1n) is 8.47. The van der Waals surface area contributed by atoms with Gasteiger partial charge in [-0.2, -0.15) is 0 Å². The van der Waals surface area contributed by atoms with Crippen molar-refractivity contribution in [3.05, 3.63) is 0 Å². The molecule has 0 aromatic heterocycles. The van der Waals surface area contributed by atoms with Crippen molar-refractivity contribution in [2.45, 2.75) is 104 Å². The lowest BCUT2D eigenvalue weighted by Gasteiger charge is -2.22. The number of rotatable bonds is 13. The zero-order chi connectivity index (χ0) is 14.5. The molecule has 0 aliphatic heterocycles. The van der Waals surface area contributed by atoms with Crippen molar-refractivity contribution in [3.8, 4) is 0 Å². The van der Waals surface area contributed by atoms with E-state index < -0.39 is 12.2 Å². The molecule has 0 aromatic carbocycles. The van der Waals surface area contributed by atoms with Gasteiger partial charge in [0.25, 0.3) is 0 Å². The molecule has 0 spiro atoms. The highest BCUT2D eigenvalue weighted by molar-refractivity contribution is 4.69. The van der Waals surface area contributed by atoms with Gasteiger partial charge in [-0.05, 0) is 19.3 Å². The van der Waals surface area contributed by atoms with Crippen molar-refractivity contribution in [3.63, 3.8) is 0 Å². The van der Waals surface area contributed by atoms with Crippen LogP contribution < -0.4 is 0 Å². The lowest BCUT2D eigenvalue weighted by Crippen LogP contribution is -2.25. The molecule has 0 heterocycles. The molecule has 2 atom stereocenters. The Balaban J connectivity index is 3.92. The van der Waals surface area contributed by atoms with E-state index in [1.54, 1.807) is 6.92 Å². The van der Waals surface area contributed by atoms with Crippen LogP contribution in [-0.4, -0.2) is 22.4 Å². The average molecular weight is 272 g/mol. The molecule has 0 aliphatic carbocycles. The van der Waals surface area contributed by atoms with Gasteiger partial charge < -0.3 is 10.2 Å². The fourth-order valence-electron chi connectivity index (χ4n) is 2.64. The Hall–Kier alpha value is -0.0800. The van der Waals surface area contributed by atoms with E-state index in [0.29, 0.717) is 5.92 Å². The molecule has 2 nitrogen and oxygen atoms in total. The molecule has 0 radical (unpaired) electrons. The topological polar surface area (TPSA) is 40.5 Å². The molecule has 0 rings (SSSR count). The molecule has 0 saturated carbocycles. The SMILES string of the molecule is CCCCCCC(CCCCCC)C[C@H](O)[C@H](C)O. The van der Waals surface area contributed by atoms with E-state index in [9.17, 15) is 10.2 Å². The zero-order valence-corrected chi connectivity index (χ0v) is 13.4. The van der Waals surface area contributed by atoms with Crippen molar-refractivity contribution in [1.29, 1.82) is 0 Å². The van der Waals surface area contributed by atoms with Crippen LogP contribution >= 0.6 is 0 Å². The largest absolute Gasteiger partial charge is 0.391 e. The maximum atomic E-state index is 9.85. The van der Waals surface area contributed by atoms with E-state index in [1.165, 1.54) is 64.2 Å². The first-order valence-corrected chi connectivity index (χ1v) is 8.47. The smallest absolute Gasteiger partial charge is 0.0799 e. The summed E-state index contributed by atoms with van der Waals surface area (Å²) in [5, 5.41) is 19.3. The highest BCUT2D eigenvalue weighted by Crippen LogP contribution is 2.23. The molecule has 2 heteroatoms. The Morgan fingerprint density at radius 3 is 1.58 bits per heavy atom. The van der Waals surface area contributed by atoms with Gasteiger partial charge in [-0.15, -0.1) is 0 Å². The van der Waals surface area contributed by atoms with E-state index in [-0.39, 0.29) is 0 Å². The Morgan fingerprint density at radius 1 is 0.737 bits per heavy atom. The Bertz CT molecular complexity index is 168. The number of aliphatic hydroxyl groups excluding tert-OH is 2. The van der Waals surface area contributed by atoms with Crippen LogP contribution in [0.15, 0.2) is 0 Å². The summed E-state index contributed by atoms with van der Waals surface area (Å²) in [7, 11) is 0. The van der Waals surface area contributed by atoms with E-state index in [2.05, 4.69) is 13.8 Å². The van der Waals surface area contributed by atoms with Crippen molar-refractivity contribution in [1.82, 2.24) is 0 Å². The Kier molecular flexibility index (Phi) is 12.9.